The van der Waals surface area contributed by atoms with Crippen LogP contribution in [-0.4, -0.2) is 53.4 Å². The maximum absolute atomic E-state index is 14.2. The van der Waals surface area contributed by atoms with Gasteiger partial charge in [-0.1, -0.05) is 6.07 Å². The Morgan fingerprint density at radius 1 is 1.32 bits per heavy atom. The number of hydrogen-bond donors (Lipinski definition) is 1. The van der Waals surface area contributed by atoms with Crippen LogP contribution in [-0.2, 0) is 4.74 Å². The minimum Gasteiger partial charge on any atom is -0.489 e. The number of likely N-dealkylation sites (tertiary alicyclic amines) is 1. The summed E-state index contributed by atoms with van der Waals surface area (Å²) in [4.78, 5) is 25.2. The van der Waals surface area contributed by atoms with E-state index in [0.29, 0.717) is 25.9 Å². The zero-order chi connectivity index (χ0) is 22.4. The lowest BCUT2D eigenvalue weighted by Crippen LogP contribution is -2.42. The fourth-order valence-electron chi connectivity index (χ4n) is 3.11. The summed E-state index contributed by atoms with van der Waals surface area (Å²) < 4.78 is 30.9. The lowest BCUT2D eigenvalue weighted by atomic mass is 10.1. The molecule has 0 atom stereocenters. The minimum absolute atomic E-state index is 0.146. The Kier molecular flexibility index (Phi) is 7.07. The number of amides is 1. The highest BCUT2D eigenvalue weighted by molar-refractivity contribution is 5.68. The van der Waals surface area contributed by atoms with E-state index in [0.717, 1.165) is 6.07 Å². The first-order valence-corrected chi connectivity index (χ1v) is 9.86. The quantitative estimate of drug-likeness (QED) is 0.685. The highest BCUT2D eigenvalue weighted by Crippen LogP contribution is 2.35. The number of aromatic nitrogens is 2. The van der Waals surface area contributed by atoms with Crippen molar-refractivity contribution in [3.8, 4) is 11.6 Å². The molecule has 0 spiro atoms. The Hall–Kier alpha value is -3.61. The lowest BCUT2D eigenvalue weighted by Gasteiger charge is -2.31. The second-order valence-electron chi connectivity index (χ2n) is 7.20. The normalized spacial score (nSPS) is 14.1. The molecular weight excluding hydrogens is 405 g/mol. The van der Waals surface area contributed by atoms with Crippen LogP contribution < -0.4 is 14.8 Å². The Labute approximate surface area is 180 Å². The van der Waals surface area contributed by atoms with Gasteiger partial charge in [0.15, 0.2) is 11.5 Å². The van der Waals surface area contributed by atoms with Gasteiger partial charge in [0, 0.05) is 25.9 Å². The van der Waals surface area contributed by atoms with Crippen molar-refractivity contribution in [3.63, 3.8) is 0 Å². The molecule has 1 aromatic heterocycles. The average Bonchev–Trinajstić information content (AvgIpc) is 2.75. The van der Waals surface area contributed by atoms with E-state index in [9.17, 15) is 9.18 Å². The average molecular weight is 429 g/mol. The van der Waals surface area contributed by atoms with Crippen molar-refractivity contribution in [2.75, 3.05) is 25.5 Å². The predicted molar refractivity (Wildman–Crippen MR) is 111 cm³/mol. The van der Waals surface area contributed by atoms with Crippen molar-refractivity contribution in [1.82, 2.24) is 14.9 Å². The van der Waals surface area contributed by atoms with Crippen LogP contribution in [0, 0.1) is 12.4 Å². The van der Waals surface area contributed by atoms with Gasteiger partial charge in [0.2, 0.25) is 5.75 Å². The zero-order valence-corrected chi connectivity index (χ0v) is 17.6. The fourth-order valence-corrected chi connectivity index (χ4v) is 3.11. The molecule has 0 saturated carbocycles. The van der Waals surface area contributed by atoms with Gasteiger partial charge in [-0.15, -0.1) is 0 Å². The summed E-state index contributed by atoms with van der Waals surface area (Å²) in [5.41, 5.74) is 0.345. The summed E-state index contributed by atoms with van der Waals surface area (Å²) >= 11 is 0. The van der Waals surface area contributed by atoms with Gasteiger partial charge in [0.1, 0.15) is 18.2 Å². The second-order valence-corrected chi connectivity index (χ2v) is 7.20. The number of hydrogen-bond acceptors (Lipinski definition) is 7. The Morgan fingerprint density at radius 2 is 2.06 bits per heavy atom. The lowest BCUT2D eigenvalue weighted by molar-refractivity contribution is 0.0500. The van der Waals surface area contributed by atoms with Crippen molar-refractivity contribution < 1.29 is 23.4 Å². The van der Waals surface area contributed by atoms with Crippen LogP contribution in [0.2, 0.25) is 0 Å². The maximum Gasteiger partial charge on any atom is 0.410 e. The first kappa shape index (κ1) is 22.1. The third-order valence-electron chi connectivity index (χ3n) is 4.63. The highest BCUT2D eigenvalue weighted by atomic mass is 19.1. The molecule has 1 saturated heterocycles. The van der Waals surface area contributed by atoms with Gasteiger partial charge in [-0.2, -0.15) is 4.98 Å². The third kappa shape index (κ3) is 5.51. The van der Waals surface area contributed by atoms with Crippen LogP contribution in [0.1, 0.15) is 26.7 Å². The van der Waals surface area contributed by atoms with Crippen LogP contribution in [0.15, 0.2) is 24.5 Å². The van der Waals surface area contributed by atoms with Gasteiger partial charge >= 0.3 is 6.09 Å². The van der Waals surface area contributed by atoms with Crippen LogP contribution in [0.3, 0.4) is 0 Å². The van der Waals surface area contributed by atoms with Crippen molar-refractivity contribution in [2.24, 2.45) is 0 Å². The minimum atomic E-state index is -0.586. The molecule has 0 radical (unpaired) electrons. The van der Waals surface area contributed by atoms with Crippen molar-refractivity contribution in [2.45, 2.75) is 38.9 Å². The number of rotatable bonds is 6. The van der Waals surface area contributed by atoms with E-state index < -0.39 is 5.82 Å². The molecular formula is C21H24FN5O4. The molecule has 0 unspecified atom stereocenters. The third-order valence-corrected chi connectivity index (χ3v) is 4.63. The zero-order valence-electron chi connectivity index (χ0n) is 17.6. The Morgan fingerprint density at radius 3 is 2.68 bits per heavy atom. The number of piperidine rings is 1. The summed E-state index contributed by atoms with van der Waals surface area (Å²) in [7, 11) is 1.44. The Balaban J connectivity index is 1.68. The van der Waals surface area contributed by atoms with Gasteiger partial charge in [0.05, 0.1) is 25.5 Å². The van der Waals surface area contributed by atoms with E-state index in [-0.39, 0.29) is 47.1 Å². The summed E-state index contributed by atoms with van der Waals surface area (Å²) in [6.45, 7) is 11.6. The number of nitrogens with zero attached hydrogens (tertiary/aromatic N) is 4. The number of halogens is 1. The summed E-state index contributed by atoms with van der Waals surface area (Å²) in [6.07, 6.45) is 1.84. The smallest absolute Gasteiger partial charge is 0.410 e. The topological polar surface area (TPSA) is 90.2 Å². The Bertz CT molecular complexity index is 971. The first-order chi connectivity index (χ1) is 14.9. The maximum atomic E-state index is 14.2. The number of ether oxygens (including phenoxy) is 3. The molecule has 1 aliphatic heterocycles. The van der Waals surface area contributed by atoms with Crippen LogP contribution in [0.5, 0.6) is 11.6 Å². The predicted octanol–water partition coefficient (Wildman–Crippen LogP) is 4.31. The number of methoxy groups -OCH3 is 1. The molecule has 0 aliphatic carbocycles. The van der Waals surface area contributed by atoms with Crippen LogP contribution in [0.25, 0.3) is 4.85 Å². The monoisotopic (exact) mass is 429 g/mol. The number of nitrogens with one attached hydrogen (secondary N) is 1. The summed E-state index contributed by atoms with van der Waals surface area (Å²) in [5.74, 6) is 0.108. The SMILES string of the molecule is [C-]#[N+]c1ccc(Nc2ncnc(OC3CCN(C(=O)OC(C)C)CC3)c2OC)c(F)c1. The molecule has 164 valence electrons. The fraction of sp³-hybridized carbons (Fsp3) is 0.429. The molecule has 2 heterocycles. The van der Waals surface area contributed by atoms with E-state index >= 15 is 0 Å². The molecule has 2 aromatic rings. The number of carbonyl (C=O) groups excluding carboxylic acids is 1. The molecule has 1 aliphatic rings. The van der Waals surface area contributed by atoms with E-state index in [1.54, 1.807) is 4.90 Å². The largest absolute Gasteiger partial charge is 0.489 e. The molecule has 10 heteroatoms. The molecule has 1 fully saturated rings. The van der Waals surface area contributed by atoms with Gasteiger partial charge in [-0.25, -0.2) is 19.0 Å². The number of benzene rings is 1. The van der Waals surface area contributed by atoms with E-state index in [1.165, 1.54) is 25.6 Å². The number of anilines is 2. The van der Waals surface area contributed by atoms with E-state index in [4.69, 9.17) is 20.8 Å². The van der Waals surface area contributed by atoms with Gasteiger partial charge < -0.3 is 24.4 Å². The summed E-state index contributed by atoms with van der Waals surface area (Å²) in [5, 5.41) is 2.86. The second kappa shape index (κ2) is 9.93. The molecule has 1 amide bonds. The van der Waals surface area contributed by atoms with Crippen molar-refractivity contribution in [1.29, 1.82) is 0 Å². The molecule has 1 aromatic carbocycles. The van der Waals surface area contributed by atoms with Crippen LogP contribution >= 0.6 is 0 Å². The van der Waals surface area contributed by atoms with E-state index in [2.05, 4.69) is 20.1 Å². The first-order valence-electron chi connectivity index (χ1n) is 9.86. The molecule has 31 heavy (non-hydrogen) atoms. The van der Waals surface area contributed by atoms with Crippen molar-refractivity contribution >= 4 is 23.3 Å². The summed E-state index contributed by atoms with van der Waals surface area (Å²) in [6, 6.07) is 4.09. The van der Waals surface area contributed by atoms with Gasteiger partial charge in [-0.05, 0) is 26.0 Å². The molecule has 3 rings (SSSR count). The van der Waals surface area contributed by atoms with Crippen molar-refractivity contribution in [3.05, 3.63) is 41.8 Å². The highest BCUT2D eigenvalue weighted by Gasteiger charge is 2.27. The molecule has 9 nitrogen and oxygen atoms in total. The van der Waals surface area contributed by atoms with E-state index in [1.807, 2.05) is 13.8 Å². The standard InChI is InChI=1S/C21H24FN5O4/c1-13(2)30-21(28)27-9-7-15(8-10-27)31-20-18(29-4)19(24-12-25-20)26-17-6-5-14(23-3)11-16(17)22/h5-6,11-13,15H,7-10H2,1-2,4H3,(H,24,25,26). The molecule has 0 bridgehead atoms. The van der Waals surface area contributed by atoms with Gasteiger partial charge in [-0.3, -0.25) is 0 Å². The number of carbonyl (C=O) groups is 1. The van der Waals surface area contributed by atoms with Crippen LogP contribution in [0.4, 0.5) is 26.4 Å². The van der Waals surface area contributed by atoms with Gasteiger partial charge in [0.25, 0.3) is 5.88 Å². The molecule has 1 N–H and O–H groups in total.